The number of aromatic nitrogens is 3. The first-order chi connectivity index (χ1) is 10.6. The number of aliphatic hydroxyl groups is 1. The highest BCUT2D eigenvalue weighted by Crippen LogP contribution is 2.20. The molecule has 7 nitrogen and oxygen atoms in total. The maximum Gasteiger partial charge on any atom is 0.269 e. The van der Waals surface area contributed by atoms with Gasteiger partial charge in [-0.2, -0.15) is 5.10 Å². The lowest BCUT2D eigenvalue weighted by Gasteiger charge is -2.13. The number of hydrogen-bond acceptors (Lipinski definition) is 5. The molecule has 0 radical (unpaired) electrons. The molecule has 0 atom stereocenters. The molecule has 0 unspecified atom stereocenters. The number of methoxy groups -OCH3 is 1. The predicted octanol–water partition coefficient (Wildman–Crippen LogP) is 0.826. The van der Waals surface area contributed by atoms with Crippen molar-refractivity contribution in [2.75, 3.05) is 13.7 Å². The molecule has 0 spiro atoms. The molecule has 2 aromatic heterocycles. The van der Waals surface area contributed by atoms with Crippen LogP contribution in [0.1, 0.15) is 27.3 Å². The highest BCUT2D eigenvalue weighted by Gasteiger charge is 2.14. The molecule has 2 heterocycles. The Kier molecular flexibility index (Phi) is 5.11. The summed E-state index contributed by atoms with van der Waals surface area (Å²) in [6.45, 7) is 4.37. The van der Waals surface area contributed by atoms with Crippen molar-refractivity contribution in [3.63, 3.8) is 0 Å². The Morgan fingerprint density at radius 3 is 2.91 bits per heavy atom. The van der Waals surface area contributed by atoms with Crippen LogP contribution in [0.3, 0.4) is 0 Å². The van der Waals surface area contributed by atoms with Crippen molar-refractivity contribution in [1.82, 2.24) is 20.1 Å². The first kappa shape index (κ1) is 16.0. The molecule has 0 fully saturated rings. The zero-order chi connectivity index (χ0) is 16.1. The smallest absolute Gasteiger partial charge is 0.269 e. The Morgan fingerprint density at radius 1 is 1.45 bits per heavy atom. The number of aliphatic hydroxyl groups excluding tert-OH is 1. The van der Waals surface area contributed by atoms with Crippen molar-refractivity contribution in [2.24, 2.45) is 0 Å². The standard InChI is InChI=1S/C15H20N4O3/c1-10-8-11(2)18-15(22-3)12(10)9-16-14(21)13-4-5-17-19(13)6-7-20/h4-5,8,20H,6-7,9H2,1-3H3,(H,16,21). The van der Waals surface area contributed by atoms with E-state index in [9.17, 15) is 4.79 Å². The molecular formula is C15H20N4O3. The minimum absolute atomic E-state index is 0.0726. The van der Waals surface area contributed by atoms with Crippen LogP contribution in [-0.4, -0.2) is 39.5 Å². The highest BCUT2D eigenvalue weighted by atomic mass is 16.5. The third-order valence-electron chi connectivity index (χ3n) is 3.32. The molecular weight excluding hydrogens is 284 g/mol. The van der Waals surface area contributed by atoms with Crippen LogP contribution in [-0.2, 0) is 13.1 Å². The van der Waals surface area contributed by atoms with Gasteiger partial charge in [0.15, 0.2) is 0 Å². The molecule has 7 heteroatoms. The van der Waals surface area contributed by atoms with Gasteiger partial charge in [0, 0.05) is 24.0 Å². The summed E-state index contributed by atoms with van der Waals surface area (Å²) in [5, 5.41) is 15.8. The molecule has 0 aliphatic heterocycles. The lowest BCUT2D eigenvalue weighted by molar-refractivity contribution is 0.0938. The Bertz CT molecular complexity index is 667. The van der Waals surface area contributed by atoms with Gasteiger partial charge in [0.05, 0.1) is 20.3 Å². The number of hydrogen-bond donors (Lipinski definition) is 2. The van der Waals surface area contributed by atoms with Gasteiger partial charge in [0.2, 0.25) is 5.88 Å². The topological polar surface area (TPSA) is 89.3 Å². The van der Waals surface area contributed by atoms with Crippen LogP contribution >= 0.6 is 0 Å². The van der Waals surface area contributed by atoms with E-state index >= 15 is 0 Å². The van der Waals surface area contributed by atoms with Gasteiger partial charge >= 0.3 is 0 Å². The van der Waals surface area contributed by atoms with Crippen molar-refractivity contribution in [1.29, 1.82) is 0 Å². The van der Waals surface area contributed by atoms with Crippen LogP contribution in [0.2, 0.25) is 0 Å². The number of carbonyl (C=O) groups is 1. The summed E-state index contributed by atoms with van der Waals surface area (Å²) in [4.78, 5) is 16.6. The third-order valence-corrected chi connectivity index (χ3v) is 3.32. The van der Waals surface area contributed by atoms with Gasteiger partial charge in [-0.3, -0.25) is 9.48 Å². The van der Waals surface area contributed by atoms with Gasteiger partial charge in [0.1, 0.15) is 5.69 Å². The maximum atomic E-state index is 12.2. The van der Waals surface area contributed by atoms with E-state index in [1.165, 1.54) is 10.9 Å². The van der Waals surface area contributed by atoms with Crippen LogP contribution < -0.4 is 10.1 Å². The SMILES string of the molecule is COc1nc(C)cc(C)c1CNC(=O)c1ccnn1CCO. The van der Waals surface area contributed by atoms with Crippen LogP contribution in [0, 0.1) is 13.8 Å². The number of pyridine rings is 1. The second-order valence-corrected chi connectivity index (χ2v) is 4.91. The summed E-state index contributed by atoms with van der Waals surface area (Å²) in [6, 6.07) is 3.56. The molecule has 22 heavy (non-hydrogen) atoms. The number of nitrogens with zero attached hydrogens (tertiary/aromatic N) is 3. The van der Waals surface area contributed by atoms with E-state index in [1.807, 2.05) is 19.9 Å². The molecule has 0 bridgehead atoms. The minimum Gasteiger partial charge on any atom is -0.481 e. The van der Waals surface area contributed by atoms with E-state index in [2.05, 4.69) is 15.4 Å². The second kappa shape index (κ2) is 7.04. The van der Waals surface area contributed by atoms with E-state index in [0.717, 1.165) is 16.8 Å². The number of carbonyl (C=O) groups excluding carboxylic acids is 1. The average Bonchev–Trinajstić information content (AvgIpc) is 2.94. The van der Waals surface area contributed by atoms with E-state index in [-0.39, 0.29) is 19.1 Å². The Balaban J connectivity index is 2.13. The van der Waals surface area contributed by atoms with E-state index < -0.39 is 0 Å². The first-order valence-corrected chi connectivity index (χ1v) is 6.98. The van der Waals surface area contributed by atoms with E-state index in [4.69, 9.17) is 9.84 Å². The molecule has 0 aromatic carbocycles. The van der Waals surface area contributed by atoms with Crippen molar-refractivity contribution in [3.05, 3.63) is 40.8 Å². The molecule has 1 amide bonds. The van der Waals surface area contributed by atoms with Gasteiger partial charge in [-0.15, -0.1) is 0 Å². The first-order valence-electron chi connectivity index (χ1n) is 6.98. The number of ether oxygens (including phenoxy) is 1. The van der Waals surface area contributed by atoms with Crippen LogP contribution in [0.25, 0.3) is 0 Å². The molecule has 0 aliphatic carbocycles. The molecule has 2 N–H and O–H groups in total. The number of amides is 1. The van der Waals surface area contributed by atoms with E-state index in [1.54, 1.807) is 13.2 Å². The van der Waals surface area contributed by atoms with Gasteiger partial charge in [-0.1, -0.05) is 0 Å². The largest absolute Gasteiger partial charge is 0.481 e. The average molecular weight is 304 g/mol. The Morgan fingerprint density at radius 2 is 2.23 bits per heavy atom. The number of nitrogens with one attached hydrogen (secondary N) is 1. The predicted molar refractivity (Wildman–Crippen MR) is 80.7 cm³/mol. The molecule has 2 rings (SSSR count). The zero-order valence-corrected chi connectivity index (χ0v) is 13.0. The van der Waals surface area contributed by atoms with Gasteiger partial charge in [-0.25, -0.2) is 4.98 Å². The van der Waals surface area contributed by atoms with Crippen molar-refractivity contribution in [2.45, 2.75) is 26.9 Å². The van der Waals surface area contributed by atoms with Gasteiger partial charge in [0.25, 0.3) is 5.91 Å². The van der Waals surface area contributed by atoms with Crippen LogP contribution in [0.5, 0.6) is 5.88 Å². The molecule has 0 saturated carbocycles. The molecule has 2 aromatic rings. The lowest BCUT2D eigenvalue weighted by Crippen LogP contribution is -2.27. The van der Waals surface area contributed by atoms with Crippen molar-refractivity contribution in [3.8, 4) is 5.88 Å². The Hall–Kier alpha value is -2.41. The fourth-order valence-corrected chi connectivity index (χ4v) is 2.27. The summed E-state index contributed by atoms with van der Waals surface area (Å²) >= 11 is 0. The number of aryl methyl sites for hydroxylation is 2. The van der Waals surface area contributed by atoms with Gasteiger partial charge < -0.3 is 15.2 Å². The quantitative estimate of drug-likeness (QED) is 0.825. The lowest BCUT2D eigenvalue weighted by atomic mass is 10.1. The van der Waals surface area contributed by atoms with Crippen LogP contribution in [0.4, 0.5) is 0 Å². The summed E-state index contributed by atoms with van der Waals surface area (Å²) in [6.07, 6.45) is 1.53. The summed E-state index contributed by atoms with van der Waals surface area (Å²) in [5.41, 5.74) is 3.12. The van der Waals surface area contributed by atoms with Gasteiger partial charge in [-0.05, 0) is 31.5 Å². The normalized spacial score (nSPS) is 10.5. The highest BCUT2D eigenvalue weighted by molar-refractivity contribution is 5.92. The Labute approximate surface area is 128 Å². The monoisotopic (exact) mass is 304 g/mol. The van der Waals surface area contributed by atoms with Crippen molar-refractivity contribution >= 4 is 5.91 Å². The number of rotatable bonds is 6. The fourth-order valence-electron chi connectivity index (χ4n) is 2.27. The molecule has 0 saturated heterocycles. The second-order valence-electron chi connectivity index (χ2n) is 4.91. The third kappa shape index (κ3) is 3.43. The maximum absolute atomic E-state index is 12.2. The molecule has 118 valence electrons. The molecule has 0 aliphatic rings. The zero-order valence-electron chi connectivity index (χ0n) is 13.0. The summed E-state index contributed by atoms with van der Waals surface area (Å²) in [7, 11) is 1.56. The van der Waals surface area contributed by atoms with Crippen LogP contribution in [0.15, 0.2) is 18.3 Å². The van der Waals surface area contributed by atoms with E-state index in [0.29, 0.717) is 18.1 Å². The fraction of sp³-hybridized carbons (Fsp3) is 0.400. The summed E-state index contributed by atoms with van der Waals surface area (Å²) in [5.74, 6) is 0.259. The van der Waals surface area contributed by atoms with Crippen molar-refractivity contribution < 1.29 is 14.6 Å². The summed E-state index contributed by atoms with van der Waals surface area (Å²) < 4.78 is 6.74. The minimum atomic E-state index is -0.257.